The summed E-state index contributed by atoms with van der Waals surface area (Å²) < 4.78 is 13.0. The van der Waals surface area contributed by atoms with Gasteiger partial charge in [-0.05, 0) is 42.8 Å². The Balaban J connectivity index is 2.53. The molecule has 0 saturated carbocycles. The molecule has 104 valence electrons. The van der Waals surface area contributed by atoms with Crippen LogP contribution in [-0.2, 0) is 0 Å². The van der Waals surface area contributed by atoms with E-state index in [0.717, 1.165) is 6.20 Å². The second kappa shape index (κ2) is 5.79. The normalized spacial score (nSPS) is 10.3. The molecule has 0 radical (unpaired) electrons. The third-order valence-corrected chi connectivity index (χ3v) is 2.81. The molecule has 0 atom stereocenters. The number of aromatic nitrogens is 2. The minimum atomic E-state index is -0.585. The van der Waals surface area contributed by atoms with Crippen LogP contribution in [0.2, 0.25) is 5.28 Å². The van der Waals surface area contributed by atoms with Gasteiger partial charge in [0.1, 0.15) is 12.0 Å². The molecular weight excluding hydrogens is 287 g/mol. The lowest BCUT2D eigenvalue weighted by atomic mass is 10.2. The van der Waals surface area contributed by atoms with Gasteiger partial charge in [-0.1, -0.05) is 0 Å². The fraction of sp³-hybridized carbons (Fsp3) is 0.167. The largest absolute Gasteiger partial charge is 0.330 e. The van der Waals surface area contributed by atoms with Gasteiger partial charge in [0.15, 0.2) is 0 Å². The zero-order chi connectivity index (χ0) is 14.7. The van der Waals surface area contributed by atoms with Crippen molar-refractivity contribution >= 4 is 28.8 Å². The van der Waals surface area contributed by atoms with Crippen LogP contribution in [0.1, 0.15) is 6.92 Å². The summed E-state index contributed by atoms with van der Waals surface area (Å²) in [6.45, 7) is 2.20. The van der Waals surface area contributed by atoms with Crippen LogP contribution >= 0.6 is 11.6 Å². The Kier molecular flexibility index (Phi) is 4.09. The molecule has 0 spiro atoms. The van der Waals surface area contributed by atoms with Crippen molar-refractivity contribution in [3.63, 3.8) is 0 Å². The molecule has 0 aliphatic heterocycles. The summed E-state index contributed by atoms with van der Waals surface area (Å²) >= 11 is 5.70. The van der Waals surface area contributed by atoms with E-state index < -0.39 is 4.92 Å². The second-order valence-electron chi connectivity index (χ2n) is 3.83. The van der Waals surface area contributed by atoms with Crippen molar-refractivity contribution in [2.45, 2.75) is 6.92 Å². The molecule has 0 saturated heterocycles. The van der Waals surface area contributed by atoms with Crippen LogP contribution in [0, 0.1) is 15.9 Å². The first-order valence-electron chi connectivity index (χ1n) is 5.73. The molecule has 20 heavy (non-hydrogen) atoms. The third-order valence-electron chi connectivity index (χ3n) is 2.63. The average Bonchev–Trinajstić information content (AvgIpc) is 2.41. The molecule has 1 heterocycles. The Labute approximate surface area is 119 Å². The van der Waals surface area contributed by atoms with Crippen molar-refractivity contribution in [2.24, 2.45) is 0 Å². The van der Waals surface area contributed by atoms with Crippen LogP contribution in [0.5, 0.6) is 0 Å². The average molecular weight is 297 g/mol. The Morgan fingerprint density at radius 1 is 1.40 bits per heavy atom. The lowest BCUT2D eigenvalue weighted by molar-refractivity contribution is -0.384. The van der Waals surface area contributed by atoms with Crippen LogP contribution in [0.3, 0.4) is 0 Å². The van der Waals surface area contributed by atoms with E-state index in [9.17, 15) is 14.5 Å². The second-order valence-corrected chi connectivity index (χ2v) is 4.16. The van der Waals surface area contributed by atoms with Gasteiger partial charge in [0.25, 0.3) is 0 Å². The van der Waals surface area contributed by atoms with E-state index in [4.69, 9.17) is 11.6 Å². The topological polar surface area (TPSA) is 72.2 Å². The molecule has 0 fully saturated rings. The lowest BCUT2D eigenvalue weighted by Crippen LogP contribution is -2.19. The molecule has 0 amide bonds. The van der Waals surface area contributed by atoms with Crippen molar-refractivity contribution in [3.05, 3.63) is 51.7 Å². The molecule has 0 aliphatic rings. The summed E-state index contributed by atoms with van der Waals surface area (Å²) in [4.78, 5) is 19.5. The van der Waals surface area contributed by atoms with E-state index in [1.807, 2.05) is 0 Å². The number of benzene rings is 1. The van der Waals surface area contributed by atoms with Gasteiger partial charge >= 0.3 is 5.69 Å². The Bertz CT molecular complexity index is 636. The SMILES string of the molecule is CCN(c1ccc(F)cc1)c1nc(Cl)ncc1[N+](=O)[O-]. The predicted octanol–water partition coefficient (Wildman–Crippen LogP) is 3.34. The monoisotopic (exact) mass is 296 g/mol. The van der Waals surface area contributed by atoms with Crippen molar-refractivity contribution in [1.29, 1.82) is 0 Å². The van der Waals surface area contributed by atoms with Crippen molar-refractivity contribution < 1.29 is 9.31 Å². The molecule has 2 aromatic rings. The van der Waals surface area contributed by atoms with Gasteiger partial charge in [-0.2, -0.15) is 4.98 Å². The molecule has 1 aromatic carbocycles. The highest BCUT2D eigenvalue weighted by Gasteiger charge is 2.22. The maximum atomic E-state index is 13.0. The van der Waals surface area contributed by atoms with E-state index >= 15 is 0 Å². The van der Waals surface area contributed by atoms with Crippen LogP contribution in [0.4, 0.5) is 21.6 Å². The number of hydrogen-bond acceptors (Lipinski definition) is 5. The molecule has 0 unspecified atom stereocenters. The van der Waals surface area contributed by atoms with E-state index in [1.54, 1.807) is 11.8 Å². The standard InChI is InChI=1S/C12H10ClFN4O2/c1-2-17(9-5-3-8(14)4-6-9)11-10(18(19)20)7-15-12(13)16-11/h3-7H,2H2,1H3. The fourth-order valence-electron chi connectivity index (χ4n) is 1.75. The molecule has 1 aromatic heterocycles. The number of anilines is 2. The highest BCUT2D eigenvalue weighted by Crippen LogP contribution is 2.31. The van der Waals surface area contributed by atoms with Crippen LogP contribution < -0.4 is 4.90 Å². The van der Waals surface area contributed by atoms with Gasteiger partial charge in [-0.25, -0.2) is 9.37 Å². The van der Waals surface area contributed by atoms with Crippen molar-refractivity contribution in [2.75, 3.05) is 11.4 Å². The number of nitro groups is 1. The molecule has 8 heteroatoms. The van der Waals surface area contributed by atoms with E-state index in [-0.39, 0.29) is 22.6 Å². The first-order valence-corrected chi connectivity index (χ1v) is 6.10. The highest BCUT2D eigenvalue weighted by molar-refractivity contribution is 6.28. The zero-order valence-corrected chi connectivity index (χ0v) is 11.2. The summed E-state index contributed by atoms with van der Waals surface area (Å²) in [6.07, 6.45) is 1.05. The van der Waals surface area contributed by atoms with Crippen molar-refractivity contribution in [3.8, 4) is 0 Å². The van der Waals surface area contributed by atoms with Gasteiger partial charge in [0, 0.05) is 12.2 Å². The van der Waals surface area contributed by atoms with E-state index in [2.05, 4.69) is 9.97 Å². The quantitative estimate of drug-likeness (QED) is 0.491. The maximum Gasteiger partial charge on any atom is 0.330 e. The van der Waals surface area contributed by atoms with Gasteiger partial charge < -0.3 is 4.90 Å². The van der Waals surface area contributed by atoms with Crippen LogP contribution in [-0.4, -0.2) is 21.4 Å². The lowest BCUT2D eigenvalue weighted by Gasteiger charge is -2.21. The molecule has 0 bridgehead atoms. The predicted molar refractivity (Wildman–Crippen MR) is 72.8 cm³/mol. The molecule has 6 nitrogen and oxygen atoms in total. The number of hydrogen-bond donors (Lipinski definition) is 0. The van der Waals surface area contributed by atoms with Gasteiger partial charge in [0.05, 0.1) is 4.92 Å². The third kappa shape index (κ3) is 2.83. The minimum absolute atomic E-state index is 0.0732. The zero-order valence-electron chi connectivity index (χ0n) is 10.5. The fourth-order valence-corrected chi connectivity index (χ4v) is 1.88. The van der Waals surface area contributed by atoms with Crippen molar-refractivity contribution in [1.82, 2.24) is 9.97 Å². The summed E-state index contributed by atoms with van der Waals surface area (Å²) in [6, 6.07) is 5.57. The molecular formula is C12H10ClFN4O2. The Morgan fingerprint density at radius 3 is 2.60 bits per heavy atom. The molecule has 0 aliphatic carbocycles. The van der Waals surface area contributed by atoms with E-state index in [0.29, 0.717) is 12.2 Å². The van der Waals surface area contributed by atoms with E-state index in [1.165, 1.54) is 24.3 Å². The summed E-state index contributed by atoms with van der Waals surface area (Å²) in [5, 5.41) is 10.9. The van der Waals surface area contributed by atoms with Crippen LogP contribution in [0.25, 0.3) is 0 Å². The van der Waals surface area contributed by atoms with Gasteiger partial charge in [0.2, 0.25) is 11.1 Å². The number of nitrogens with zero attached hydrogens (tertiary/aromatic N) is 4. The Morgan fingerprint density at radius 2 is 2.05 bits per heavy atom. The summed E-state index contributed by atoms with van der Waals surface area (Å²) in [5.74, 6) is -0.316. The maximum absolute atomic E-state index is 13.0. The highest BCUT2D eigenvalue weighted by atomic mass is 35.5. The summed E-state index contributed by atoms with van der Waals surface area (Å²) in [5.41, 5.74) is 0.312. The number of halogens is 2. The molecule has 2 rings (SSSR count). The summed E-state index contributed by atoms with van der Waals surface area (Å²) in [7, 11) is 0. The van der Waals surface area contributed by atoms with Gasteiger partial charge in [-0.3, -0.25) is 10.1 Å². The van der Waals surface area contributed by atoms with Gasteiger partial charge in [-0.15, -0.1) is 0 Å². The van der Waals surface area contributed by atoms with Crippen LogP contribution in [0.15, 0.2) is 30.5 Å². The number of rotatable bonds is 4. The first kappa shape index (κ1) is 14.1. The molecule has 0 N–H and O–H groups in total. The first-order chi connectivity index (χ1) is 9.52. The Hall–Kier alpha value is -2.28. The smallest absolute Gasteiger partial charge is 0.321 e. The minimum Gasteiger partial charge on any atom is -0.321 e.